The van der Waals surface area contributed by atoms with E-state index in [1.807, 2.05) is 11.0 Å². The lowest BCUT2D eigenvalue weighted by Gasteiger charge is -2.30. The van der Waals surface area contributed by atoms with E-state index in [-0.39, 0.29) is 5.91 Å². The molecule has 1 amide bonds. The lowest BCUT2D eigenvalue weighted by Crippen LogP contribution is -2.34. The molecule has 1 aliphatic heterocycles. The third-order valence-corrected chi connectivity index (χ3v) is 4.13. The highest BCUT2D eigenvalue weighted by Gasteiger charge is 2.30. The van der Waals surface area contributed by atoms with E-state index >= 15 is 0 Å². The Bertz CT molecular complexity index is 440. The molecule has 0 unspecified atom stereocenters. The fourth-order valence-electron chi connectivity index (χ4n) is 2.49. The minimum absolute atomic E-state index is 0.264. The standard InChI is InChI=1S/C13H14BrNO/c14-11-4-5-12-10(6-11)7-13(16)15(12)8-9-2-1-3-9/h4-6,9H,1-3,7-8H2. The van der Waals surface area contributed by atoms with Gasteiger partial charge in [0.05, 0.1) is 6.42 Å². The summed E-state index contributed by atoms with van der Waals surface area (Å²) in [5.41, 5.74) is 2.29. The zero-order chi connectivity index (χ0) is 11.1. The zero-order valence-electron chi connectivity index (χ0n) is 9.08. The van der Waals surface area contributed by atoms with E-state index in [0.29, 0.717) is 6.42 Å². The van der Waals surface area contributed by atoms with E-state index in [9.17, 15) is 4.79 Å². The van der Waals surface area contributed by atoms with Crippen molar-refractivity contribution in [3.8, 4) is 0 Å². The molecular formula is C13H14BrNO. The second kappa shape index (κ2) is 3.88. The number of amides is 1. The summed E-state index contributed by atoms with van der Waals surface area (Å²) in [6.45, 7) is 0.924. The molecule has 1 fully saturated rings. The molecule has 0 N–H and O–H groups in total. The topological polar surface area (TPSA) is 20.3 Å². The highest BCUT2D eigenvalue weighted by Crippen LogP contribution is 2.35. The Morgan fingerprint density at radius 1 is 1.38 bits per heavy atom. The molecule has 0 atom stereocenters. The maximum atomic E-state index is 11.9. The number of carbonyl (C=O) groups is 1. The van der Waals surface area contributed by atoms with Crippen LogP contribution in [0.5, 0.6) is 0 Å². The summed E-state index contributed by atoms with van der Waals surface area (Å²) in [6.07, 6.45) is 4.48. The predicted molar refractivity (Wildman–Crippen MR) is 67.5 cm³/mol. The van der Waals surface area contributed by atoms with E-state index in [1.54, 1.807) is 0 Å². The third-order valence-electron chi connectivity index (χ3n) is 3.64. The molecule has 0 aromatic heterocycles. The number of carbonyl (C=O) groups excluding carboxylic acids is 1. The molecule has 1 aliphatic carbocycles. The van der Waals surface area contributed by atoms with E-state index < -0.39 is 0 Å². The van der Waals surface area contributed by atoms with Crippen molar-refractivity contribution in [2.45, 2.75) is 25.7 Å². The molecule has 1 aromatic carbocycles. The van der Waals surface area contributed by atoms with Gasteiger partial charge in [-0.05, 0) is 42.5 Å². The van der Waals surface area contributed by atoms with Crippen molar-refractivity contribution in [3.63, 3.8) is 0 Å². The van der Waals surface area contributed by atoms with Crippen molar-refractivity contribution in [1.29, 1.82) is 0 Å². The monoisotopic (exact) mass is 279 g/mol. The van der Waals surface area contributed by atoms with Crippen LogP contribution in [0.1, 0.15) is 24.8 Å². The van der Waals surface area contributed by atoms with Crippen LogP contribution in [0.15, 0.2) is 22.7 Å². The maximum Gasteiger partial charge on any atom is 0.231 e. The Labute approximate surface area is 104 Å². The minimum atomic E-state index is 0.264. The molecular weight excluding hydrogens is 266 g/mol. The molecule has 1 heterocycles. The van der Waals surface area contributed by atoms with E-state index in [1.165, 1.54) is 24.8 Å². The Kier molecular flexibility index (Phi) is 2.51. The van der Waals surface area contributed by atoms with Crippen LogP contribution in [0, 0.1) is 5.92 Å². The van der Waals surface area contributed by atoms with Crippen LogP contribution >= 0.6 is 15.9 Å². The van der Waals surface area contributed by atoms with Crippen LogP contribution in [0.3, 0.4) is 0 Å². The summed E-state index contributed by atoms with van der Waals surface area (Å²) < 4.78 is 1.06. The second-order valence-electron chi connectivity index (χ2n) is 4.75. The van der Waals surface area contributed by atoms with Crippen molar-refractivity contribution in [3.05, 3.63) is 28.2 Å². The van der Waals surface area contributed by atoms with Gasteiger partial charge in [-0.25, -0.2) is 0 Å². The van der Waals surface area contributed by atoms with Crippen molar-refractivity contribution >= 4 is 27.5 Å². The van der Waals surface area contributed by atoms with Crippen LogP contribution in [-0.2, 0) is 11.2 Å². The highest BCUT2D eigenvalue weighted by molar-refractivity contribution is 9.10. The first-order valence-electron chi connectivity index (χ1n) is 5.83. The highest BCUT2D eigenvalue weighted by atomic mass is 79.9. The number of rotatable bonds is 2. The normalized spacial score (nSPS) is 19.8. The van der Waals surface area contributed by atoms with Gasteiger partial charge in [-0.3, -0.25) is 4.79 Å². The average molecular weight is 280 g/mol. The number of anilines is 1. The van der Waals surface area contributed by atoms with Crippen molar-refractivity contribution in [2.75, 3.05) is 11.4 Å². The molecule has 2 aliphatic rings. The van der Waals surface area contributed by atoms with Gasteiger partial charge in [0, 0.05) is 16.7 Å². The molecule has 2 nitrogen and oxygen atoms in total. The number of halogens is 1. The van der Waals surface area contributed by atoms with Gasteiger partial charge in [-0.1, -0.05) is 22.4 Å². The van der Waals surface area contributed by atoms with E-state index in [4.69, 9.17) is 0 Å². The van der Waals surface area contributed by atoms with Gasteiger partial charge in [-0.15, -0.1) is 0 Å². The number of hydrogen-bond acceptors (Lipinski definition) is 1. The van der Waals surface area contributed by atoms with Crippen LogP contribution in [0.25, 0.3) is 0 Å². The second-order valence-corrected chi connectivity index (χ2v) is 5.67. The SMILES string of the molecule is O=C1Cc2cc(Br)ccc2N1CC1CCC1. The van der Waals surface area contributed by atoms with Crippen LogP contribution in [-0.4, -0.2) is 12.5 Å². The molecule has 1 saturated carbocycles. The number of fused-ring (bicyclic) bond motifs is 1. The first-order valence-corrected chi connectivity index (χ1v) is 6.62. The van der Waals surface area contributed by atoms with Crippen LogP contribution in [0.4, 0.5) is 5.69 Å². The van der Waals surface area contributed by atoms with Crippen LogP contribution in [0.2, 0.25) is 0 Å². The molecule has 84 valence electrons. The van der Waals surface area contributed by atoms with Gasteiger partial charge in [0.2, 0.25) is 5.91 Å². The molecule has 0 radical (unpaired) electrons. The van der Waals surface area contributed by atoms with Crippen LogP contribution < -0.4 is 4.90 Å². The van der Waals surface area contributed by atoms with Gasteiger partial charge in [0.15, 0.2) is 0 Å². The summed E-state index contributed by atoms with van der Waals surface area (Å²) >= 11 is 3.45. The number of nitrogens with zero attached hydrogens (tertiary/aromatic N) is 1. The molecule has 3 rings (SSSR count). The first-order chi connectivity index (χ1) is 7.74. The van der Waals surface area contributed by atoms with E-state index in [2.05, 4.69) is 28.1 Å². The van der Waals surface area contributed by atoms with Gasteiger partial charge in [0.25, 0.3) is 0 Å². The Balaban J connectivity index is 1.86. The molecule has 3 heteroatoms. The molecule has 16 heavy (non-hydrogen) atoms. The van der Waals surface area contributed by atoms with Gasteiger partial charge in [-0.2, -0.15) is 0 Å². The summed E-state index contributed by atoms with van der Waals surface area (Å²) in [4.78, 5) is 13.9. The summed E-state index contributed by atoms with van der Waals surface area (Å²) in [7, 11) is 0. The van der Waals surface area contributed by atoms with Gasteiger partial charge >= 0.3 is 0 Å². The maximum absolute atomic E-state index is 11.9. The lowest BCUT2D eigenvalue weighted by atomic mass is 9.85. The lowest BCUT2D eigenvalue weighted by molar-refractivity contribution is -0.117. The molecule has 0 saturated heterocycles. The minimum Gasteiger partial charge on any atom is -0.312 e. The smallest absolute Gasteiger partial charge is 0.231 e. The Morgan fingerprint density at radius 3 is 2.88 bits per heavy atom. The largest absolute Gasteiger partial charge is 0.312 e. The third kappa shape index (κ3) is 1.67. The van der Waals surface area contributed by atoms with E-state index in [0.717, 1.165) is 22.6 Å². The summed E-state index contributed by atoms with van der Waals surface area (Å²) in [5.74, 6) is 0.999. The van der Waals surface area contributed by atoms with Crippen molar-refractivity contribution in [1.82, 2.24) is 0 Å². The molecule has 0 bridgehead atoms. The predicted octanol–water partition coefficient (Wildman–Crippen LogP) is 3.14. The summed E-state index contributed by atoms with van der Waals surface area (Å²) in [5, 5.41) is 0. The quantitative estimate of drug-likeness (QED) is 0.815. The fraction of sp³-hybridized carbons (Fsp3) is 0.462. The fourth-order valence-corrected chi connectivity index (χ4v) is 2.89. The van der Waals surface area contributed by atoms with Gasteiger partial charge < -0.3 is 4.90 Å². The number of hydrogen-bond donors (Lipinski definition) is 0. The Morgan fingerprint density at radius 2 is 2.19 bits per heavy atom. The number of benzene rings is 1. The summed E-state index contributed by atoms with van der Waals surface area (Å²) in [6, 6.07) is 6.14. The van der Waals surface area contributed by atoms with Gasteiger partial charge in [0.1, 0.15) is 0 Å². The molecule has 0 spiro atoms. The Hall–Kier alpha value is -0.830. The molecule has 1 aromatic rings. The van der Waals surface area contributed by atoms with Crippen molar-refractivity contribution in [2.24, 2.45) is 5.92 Å². The first kappa shape index (κ1) is 10.3. The zero-order valence-corrected chi connectivity index (χ0v) is 10.7. The van der Waals surface area contributed by atoms with Crippen molar-refractivity contribution < 1.29 is 4.79 Å². The average Bonchev–Trinajstić information content (AvgIpc) is 2.47.